The second-order valence-corrected chi connectivity index (χ2v) is 6.63. The molecule has 2 aromatic heterocycles. The zero-order chi connectivity index (χ0) is 16.2. The lowest BCUT2D eigenvalue weighted by Crippen LogP contribution is -2.37. The number of carboxylic acids is 1. The van der Waals surface area contributed by atoms with Crippen LogP contribution in [0, 0.1) is 18.3 Å². The zero-order valence-corrected chi connectivity index (χ0v) is 12.9. The zero-order valence-electron chi connectivity index (χ0n) is 12.9. The molecule has 1 aliphatic heterocycles. The molecule has 1 aliphatic carbocycles. The minimum atomic E-state index is -0.764. The first-order valence-corrected chi connectivity index (χ1v) is 7.85. The molecule has 1 saturated carbocycles. The predicted molar refractivity (Wildman–Crippen MR) is 81.0 cm³/mol. The molecule has 2 aromatic rings. The van der Waals surface area contributed by atoms with Gasteiger partial charge in [-0.1, -0.05) is 6.42 Å². The summed E-state index contributed by atoms with van der Waals surface area (Å²) in [4.78, 5) is 26.2. The summed E-state index contributed by atoms with van der Waals surface area (Å²) in [6.07, 6.45) is 4.22. The number of carbonyl (C=O) groups excluding carboxylic acids is 1. The third-order valence-electron chi connectivity index (χ3n) is 5.40. The minimum Gasteiger partial charge on any atom is -0.481 e. The summed E-state index contributed by atoms with van der Waals surface area (Å²) in [6.45, 7) is 2.67. The number of amides is 1. The number of aliphatic carboxylic acids is 1. The maximum atomic E-state index is 12.8. The molecular formula is C16H18N4O3. The van der Waals surface area contributed by atoms with E-state index in [2.05, 4.69) is 10.2 Å². The molecule has 120 valence electrons. The van der Waals surface area contributed by atoms with Crippen LogP contribution in [0.5, 0.6) is 0 Å². The standard InChI is InChI=1S/C16H18N4O3/c1-10-17-18-13-5-4-11(7-20(10)13)14(21)19-8-12-3-2-6-16(12,9-19)15(22)23/h4-5,7,12H,2-3,6,8-9H2,1H3,(H,22,23)/t12-,16+/m0/s1. The molecule has 0 aromatic carbocycles. The molecule has 0 unspecified atom stereocenters. The largest absolute Gasteiger partial charge is 0.481 e. The van der Waals surface area contributed by atoms with Crippen LogP contribution >= 0.6 is 0 Å². The van der Waals surface area contributed by atoms with Crippen molar-refractivity contribution in [2.75, 3.05) is 13.1 Å². The summed E-state index contributed by atoms with van der Waals surface area (Å²) in [5.74, 6) is -0.0882. The van der Waals surface area contributed by atoms with Gasteiger partial charge in [-0.25, -0.2) is 0 Å². The van der Waals surface area contributed by atoms with Crippen LogP contribution in [0.2, 0.25) is 0 Å². The number of aromatic nitrogens is 3. The van der Waals surface area contributed by atoms with Crippen LogP contribution in [-0.2, 0) is 4.79 Å². The van der Waals surface area contributed by atoms with Crippen LogP contribution in [0.1, 0.15) is 35.4 Å². The van der Waals surface area contributed by atoms with Gasteiger partial charge in [-0.3, -0.25) is 14.0 Å². The van der Waals surface area contributed by atoms with E-state index in [-0.39, 0.29) is 11.8 Å². The number of carbonyl (C=O) groups is 2. The van der Waals surface area contributed by atoms with Gasteiger partial charge in [0.05, 0.1) is 11.0 Å². The van der Waals surface area contributed by atoms with E-state index in [4.69, 9.17) is 0 Å². The van der Waals surface area contributed by atoms with Crippen LogP contribution < -0.4 is 0 Å². The van der Waals surface area contributed by atoms with E-state index >= 15 is 0 Å². The molecule has 0 radical (unpaired) electrons. The highest BCUT2D eigenvalue weighted by Crippen LogP contribution is 2.49. The fraction of sp³-hybridized carbons (Fsp3) is 0.500. The molecule has 0 spiro atoms. The van der Waals surface area contributed by atoms with Gasteiger partial charge in [0.1, 0.15) is 5.82 Å². The Labute approximate surface area is 132 Å². The molecule has 4 rings (SSSR count). The first kappa shape index (κ1) is 14.2. The molecule has 3 heterocycles. The van der Waals surface area contributed by atoms with Crippen molar-refractivity contribution < 1.29 is 14.7 Å². The first-order valence-electron chi connectivity index (χ1n) is 7.85. The maximum Gasteiger partial charge on any atom is 0.311 e. The number of aryl methyl sites for hydroxylation is 1. The maximum absolute atomic E-state index is 12.8. The summed E-state index contributed by atoms with van der Waals surface area (Å²) < 4.78 is 1.77. The van der Waals surface area contributed by atoms with Crippen LogP contribution in [-0.4, -0.2) is 49.6 Å². The Morgan fingerprint density at radius 3 is 2.91 bits per heavy atom. The predicted octanol–water partition coefficient (Wildman–Crippen LogP) is 1.36. The van der Waals surface area contributed by atoms with Gasteiger partial charge in [0.25, 0.3) is 5.91 Å². The summed E-state index contributed by atoms with van der Waals surface area (Å²) >= 11 is 0. The smallest absolute Gasteiger partial charge is 0.311 e. The average molecular weight is 314 g/mol. The van der Waals surface area contributed by atoms with E-state index in [9.17, 15) is 14.7 Å². The molecule has 2 aliphatic rings. The Bertz CT molecular complexity index is 815. The Balaban J connectivity index is 1.64. The van der Waals surface area contributed by atoms with Gasteiger partial charge in [0.2, 0.25) is 0 Å². The van der Waals surface area contributed by atoms with Gasteiger partial charge < -0.3 is 10.0 Å². The molecule has 1 saturated heterocycles. The monoisotopic (exact) mass is 314 g/mol. The highest BCUT2D eigenvalue weighted by molar-refractivity contribution is 5.95. The number of hydrogen-bond acceptors (Lipinski definition) is 4. The minimum absolute atomic E-state index is 0.0735. The van der Waals surface area contributed by atoms with Gasteiger partial charge in [-0.2, -0.15) is 0 Å². The third kappa shape index (κ3) is 1.95. The molecule has 2 fully saturated rings. The average Bonchev–Trinajstić information content (AvgIpc) is 3.19. The van der Waals surface area contributed by atoms with Crippen molar-refractivity contribution in [1.82, 2.24) is 19.5 Å². The summed E-state index contributed by atoms with van der Waals surface area (Å²) in [7, 11) is 0. The highest BCUT2D eigenvalue weighted by Gasteiger charge is 2.55. The van der Waals surface area contributed by atoms with Crippen molar-refractivity contribution in [3.8, 4) is 0 Å². The topological polar surface area (TPSA) is 87.8 Å². The van der Waals surface area contributed by atoms with Crippen LogP contribution in [0.4, 0.5) is 0 Å². The quantitative estimate of drug-likeness (QED) is 0.904. The molecule has 0 bridgehead atoms. The number of pyridine rings is 1. The Morgan fingerprint density at radius 1 is 1.35 bits per heavy atom. The number of fused-ring (bicyclic) bond motifs is 2. The fourth-order valence-electron chi connectivity index (χ4n) is 4.11. The molecule has 1 amide bonds. The third-order valence-corrected chi connectivity index (χ3v) is 5.40. The molecular weight excluding hydrogens is 296 g/mol. The second-order valence-electron chi connectivity index (χ2n) is 6.63. The Kier molecular flexibility index (Phi) is 2.94. The number of rotatable bonds is 2. The van der Waals surface area contributed by atoms with E-state index in [0.29, 0.717) is 30.7 Å². The second kappa shape index (κ2) is 4.78. The van der Waals surface area contributed by atoms with Crippen molar-refractivity contribution in [2.45, 2.75) is 26.2 Å². The van der Waals surface area contributed by atoms with E-state index in [1.807, 2.05) is 6.92 Å². The van der Waals surface area contributed by atoms with E-state index in [0.717, 1.165) is 18.7 Å². The fourth-order valence-corrected chi connectivity index (χ4v) is 4.11. The summed E-state index contributed by atoms with van der Waals surface area (Å²) in [5, 5.41) is 17.6. The van der Waals surface area contributed by atoms with E-state index in [1.54, 1.807) is 27.6 Å². The van der Waals surface area contributed by atoms with Crippen LogP contribution in [0.15, 0.2) is 18.3 Å². The number of likely N-dealkylation sites (tertiary alicyclic amines) is 1. The molecule has 1 N–H and O–H groups in total. The van der Waals surface area contributed by atoms with Gasteiger partial charge in [-0.15, -0.1) is 10.2 Å². The molecule has 7 heteroatoms. The van der Waals surface area contributed by atoms with Crippen molar-refractivity contribution >= 4 is 17.5 Å². The molecule has 7 nitrogen and oxygen atoms in total. The van der Waals surface area contributed by atoms with E-state index < -0.39 is 11.4 Å². The van der Waals surface area contributed by atoms with Crippen molar-refractivity contribution in [2.24, 2.45) is 11.3 Å². The van der Waals surface area contributed by atoms with Gasteiger partial charge in [0, 0.05) is 19.3 Å². The summed E-state index contributed by atoms with van der Waals surface area (Å²) in [6, 6.07) is 3.49. The van der Waals surface area contributed by atoms with Gasteiger partial charge >= 0.3 is 5.97 Å². The van der Waals surface area contributed by atoms with Crippen LogP contribution in [0.3, 0.4) is 0 Å². The summed E-state index contributed by atoms with van der Waals surface area (Å²) in [5.41, 5.74) is 0.493. The van der Waals surface area contributed by atoms with E-state index in [1.165, 1.54) is 0 Å². The first-order chi connectivity index (χ1) is 11.0. The van der Waals surface area contributed by atoms with Gasteiger partial charge in [0.15, 0.2) is 5.65 Å². The lowest BCUT2D eigenvalue weighted by atomic mass is 9.81. The Morgan fingerprint density at radius 2 is 2.17 bits per heavy atom. The number of nitrogens with zero attached hydrogens (tertiary/aromatic N) is 4. The van der Waals surface area contributed by atoms with Crippen molar-refractivity contribution in [3.63, 3.8) is 0 Å². The number of carboxylic acid groups (broad SMARTS) is 1. The highest BCUT2D eigenvalue weighted by atomic mass is 16.4. The van der Waals surface area contributed by atoms with Gasteiger partial charge in [-0.05, 0) is 37.8 Å². The normalized spacial score (nSPS) is 26.7. The lowest BCUT2D eigenvalue weighted by Gasteiger charge is -2.23. The van der Waals surface area contributed by atoms with Crippen molar-refractivity contribution in [3.05, 3.63) is 29.7 Å². The molecule has 2 atom stereocenters. The Hall–Kier alpha value is -2.44. The van der Waals surface area contributed by atoms with Crippen molar-refractivity contribution in [1.29, 1.82) is 0 Å². The molecule has 23 heavy (non-hydrogen) atoms. The number of hydrogen-bond donors (Lipinski definition) is 1. The SMILES string of the molecule is Cc1nnc2ccc(C(=O)N3C[C@@H]4CCC[C@@]4(C(=O)O)C3)cn12. The lowest BCUT2D eigenvalue weighted by molar-refractivity contribution is -0.149. The van der Waals surface area contributed by atoms with Crippen LogP contribution in [0.25, 0.3) is 5.65 Å².